The average molecular weight is 246 g/mol. The van der Waals surface area contributed by atoms with Crippen LogP contribution in [0.5, 0.6) is 0 Å². The van der Waals surface area contributed by atoms with E-state index in [0.717, 1.165) is 11.0 Å². The maximum absolute atomic E-state index is 13.8. The van der Waals surface area contributed by atoms with Crippen LogP contribution in [0, 0.1) is 17.1 Å². The van der Waals surface area contributed by atoms with E-state index in [1.54, 1.807) is 6.07 Å². The zero-order valence-corrected chi connectivity index (χ0v) is 9.65. The lowest BCUT2D eigenvalue weighted by molar-refractivity contribution is -0.125. The molecular weight excluding hydrogens is 235 g/mol. The fraction of sp³-hybridized carbons (Fsp3) is 0.308. The number of carbonyl (C=O) groups is 2. The van der Waals surface area contributed by atoms with E-state index in [2.05, 4.69) is 0 Å². The van der Waals surface area contributed by atoms with Crippen LogP contribution >= 0.6 is 0 Å². The van der Waals surface area contributed by atoms with Crippen molar-refractivity contribution in [2.45, 2.75) is 25.7 Å². The zero-order chi connectivity index (χ0) is 13.1. The SMILES string of the molecule is N#Cc1ccc(N2C(=O)CCCCC2=O)c(F)c1. The maximum Gasteiger partial charge on any atom is 0.233 e. The minimum absolute atomic E-state index is 0.0640. The Bertz CT molecular complexity index is 530. The Hall–Kier alpha value is -2.22. The van der Waals surface area contributed by atoms with Gasteiger partial charge in [-0.1, -0.05) is 0 Å². The van der Waals surface area contributed by atoms with E-state index in [1.807, 2.05) is 0 Å². The van der Waals surface area contributed by atoms with Gasteiger partial charge in [0, 0.05) is 12.8 Å². The summed E-state index contributed by atoms with van der Waals surface area (Å²) in [7, 11) is 0. The van der Waals surface area contributed by atoms with Gasteiger partial charge in [-0.05, 0) is 31.0 Å². The standard InChI is InChI=1S/C13H11FN2O2/c14-10-7-9(8-15)5-6-11(10)16-12(17)3-1-2-4-13(16)18/h5-7H,1-4H2. The molecule has 92 valence electrons. The first-order valence-corrected chi connectivity index (χ1v) is 5.69. The highest BCUT2D eigenvalue weighted by Crippen LogP contribution is 2.25. The summed E-state index contributed by atoms with van der Waals surface area (Å²) in [6, 6.07) is 5.53. The molecule has 1 fully saturated rings. The first-order chi connectivity index (χ1) is 8.63. The lowest BCUT2D eigenvalue weighted by atomic mass is 10.2. The molecule has 1 aliphatic heterocycles. The number of carbonyl (C=O) groups excluding carboxylic acids is 2. The third kappa shape index (κ3) is 2.23. The summed E-state index contributed by atoms with van der Waals surface area (Å²) in [6.07, 6.45) is 1.76. The Morgan fingerprint density at radius 1 is 1.17 bits per heavy atom. The number of halogens is 1. The second kappa shape index (κ2) is 4.96. The van der Waals surface area contributed by atoms with Crippen molar-refractivity contribution >= 4 is 17.5 Å². The number of hydrogen-bond acceptors (Lipinski definition) is 3. The Labute approximate surface area is 104 Å². The zero-order valence-electron chi connectivity index (χ0n) is 9.65. The predicted octanol–water partition coefficient (Wildman–Crippen LogP) is 2.13. The van der Waals surface area contributed by atoms with Crippen molar-refractivity contribution in [2.24, 2.45) is 0 Å². The van der Waals surface area contributed by atoms with Crippen molar-refractivity contribution in [1.82, 2.24) is 0 Å². The van der Waals surface area contributed by atoms with Crippen LogP contribution < -0.4 is 4.90 Å². The van der Waals surface area contributed by atoms with E-state index in [4.69, 9.17) is 5.26 Å². The molecular formula is C13H11FN2O2. The third-order valence-electron chi connectivity index (χ3n) is 2.85. The Morgan fingerprint density at radius 2 is 1.78 bits per heavy atom. The van der Waals surface area contributed by atoms with E-state index in [-0.39, 0.29) is 35.9 Å². The minimum Gasteiger partial charge on any atom is -0.274 e. The fourth-order valence-electron chi connectivity index (χ4n) is 1.94. The lowest BCUT2D eigenvalue weighted by Gasteiger charge is -2.19. The average Bonchev–Trinajstić information content (AvgIpc) is 2.51. The molecule has 0 aliphatic carbocycles. The Kier molecular flexibility index (Phi) is 3.38. The van der Waals surface area contributed by atoms with Crippen molar-refractivity contribution in [2.75, 3.05) is 4.90 Å². The summed E-state index contributed by atoms with van der Waals surface area (Å²) in [5.41, 5.74) is 0.0943. The predicted molar refractivity (Wildman–Crippen MR) is 62.1 cm³/mol. The fourth-order valence-corrected chi connectivity index (χ4v) is 1.94. The van der Waals surface area contributed by atoms with E-state index in [0.29, 0.717) is 12.8 Å². The number of hydrogen-bond donors (Lipinski definition) is 0. The number of nitrogens with zero attached hydrogens (tertiary/aromatic N) is 2. The van der Waals surface area contributed by atoms with Crippen LogP contribution in [0.2, 0.25) is 0 Å². The highest BCUT2D eigenvalue weighted by molar-refractivity contribution is 6.15. The molecule has 0 saturated carbocycles. The summed E-state index contributed by atoms with van der Waals surface area (Å²) < 4.78 is 13.8. The number of imide groups is 1. The molecule has 1 aliphatic rings. The number of amides is 2. The van der Waals surface area contributed by atoms with Gasteiger partial charge in [0.25, 0.3) is 0 Å². The molecule has 0 N–H and O–H groups in total. The first kappa shape index (κ1) is 12.2. The molecule has 1 aromatic carbocycles. The molecule has 0 unspecified atom stereocenters. The van der Waals surface area contributed by atoms with Crippen LogP contribution in [0.25, 0.3) is 0 Å². The summed E-state index contributed by atoms with van der Waals surface area (Å²) in [5, 5.41) is 8.65. The van der Waals surface area contributed by atoms with Gasteiger partial charge in [-0.15, -0.1) is 0 Å². The molecule has 18 heavy (non-hydrogen) atoms. The molecule has 1 aromatic rings. The lowest BCUT2D eigenvalue weighted by Crippen LogP contribution is -2.35. The summed E-state index contributed by atoms with van der Waals surface area (Å²) in [6.45, 7) is 0. The van der Waals surface area contributed by atoms with Gasteiger partial charge in [-0.3, -0.25) is 9.59 Å². The number of anilines is 1. The van der Waals surface area contributed by atoms with Crippen molar-refractivity contribution in [3.05, 3.63) is 29.6 Å². The Balaban J connectivity index is 2.43. The van der Waals surface area contributed by atoms with Gasteiger partial charge < -0.3 is 0 Å². The molecule has 1 saturated heterocycles. The maximum atomic E-state index is 13.8. The van der Waals surface area contributed by atoms with E-state index < -0.39 is 5.82 Å². The van der Waals surface area contributed by atoms with Gasteiger partial charge in [0.2, 0.25) is 11.8 Å². The van der Waals surface area contributed by atoms with Crippen LogP contribution in [0.1, 0.15) is 31.2 Å². The first-order valence-electron chi connectivity index (χ1n) is 5.69. The molecule has 0 radical (unpaired) electrons. The van der Waals surface area contributed by atoms with Crippen LogP contribution in [0.4, 0.5) is 10.1 Å². The van der Waals surface area contributed by atoms with Crippen molar-refractivity contribution in [3.63, 3.8) is 0 Å². The summed E-state index contributed by atoms with van der Waals surface area (Å²) >= 11 is 0. The van der Waals surface area contributed by atoms with Gasteiger partial charge in [0.15, 0.2) is 0 Å². The second-order valence-corrected chi connectivity index (χ2v) is 4.11. The molecule has 0 bridgehead atoms. The second-order valence-electron chi connectivity index (χ2n) is 4.11. The van der Waals surface area contributed by atoms with Crippen LogP contribution in [0.3, 0.4) is 0 Å². The Morgan fingerprint density at radius 3 is 2.28 bits per heavy atom. The van der Waals surface area contributed by atoms with Crippen molar-refractivity contribution in [3.8, 4) is 6.07 Å². The summed E-state index contributed by atoms with van der Waals surface area (Å²) in [5.74, 6) is -1.50. The molecule has 4 nitrogen and oxygen atoms in total. The normalized spacial score (nSPS) is 16.3. The quantitative estimate of drug-likeness (QED) is 0.713. The summed E-state index contributed by atoms with van der Waals surface area (Å²) in [4.78, 5) is 24.5. The monoisotopic (exact) mass is 246 g/mol. The van der Waals surface area contributed by atoms with Crippen LogP contribution in [0.15, 0.2) is 18.2 Å². The van der Waals surface area contributed by atoms with E-state index in [1.165, 1.54) is 12.1 Å². The largest absolute Gasteiger partial charge is 0.274 e. The highest BCUT2D eigenvalue weighted by Gasteiger charge is 2.27. The topological polar surface area (TPSA) is 61.2 Å². The molecule has 0 atom stereocenters. The molecule has 2 rings (SSSR count). The number of nitriles is 1. The molecule has 5 heteroatoms. The van der Waals surface area contributed by atoms with E-state index in [9.17, 15) is 14.0 Å². The number of rotatable bonds is 1. The van der Waals surface area contributed by atoms with Gasteiger partial charge in [-0.2, -0.15) is 5.26 Å². The molecule has 0 aromatic heterocycles. The van der Waals surface area contributed by atoms with Crippen LogP contribution in [-0.2, 0) is 9.59 Å². The molecule has 0 spiro atoms. The van der Waals surface area contributed by atoms with Crippen molar-refractivity contribution in [1.29, 1.82) is 5.26 Å². The molecule has 1 heterocycles. The minimum atomic E-state index is -0.724. The van der Waals surface area contributed by atoms with Crippen molar-refractivity contribution < 1.29 is 14.0 Å². The van der Waals surface area contributed by atoms with Gasteiger partial charge in [0.05, 0.1) is 17.3 Å². The van der Waals surface area contributed by atoms with E-state index >= 15 is 0 Å². The van der Waals surface area contributed by atoms with Gasteiger partial charge >= 0.3 is 0 Å². The van der Waals surface area contributed by atoms with Gasteiger partial charge in [-0.25, -0.2) is 9.29 Å². The van der Waals surface area contributed by atoms with Crippen LogP contribution in [-0.4, -0.2) is 11.8 Å². The highest BCUT2D eigenvalue weighted by atomic mass is 19.1. The van der Waals surface area contributed by atoms with Gasteiger partial charge in [0.1, 0.15) is 5.82 Å². The molecule has 2 amide bonds. The smallest absolute Gasteiger partial charge is 0.233 e. The number of benzene rings is 1. The third-order valence-corrected chi connectivity index (χ3v) is 2.85.